The maximum Gasteiger partial charge on any atom is 0.222 e. The van der Waals surface area contributed by atoms with Gasteiger partial charge >= 0.3 is 0 Å². The second-order valence-corrected chi connectivity index (χ2v) is 2.65. The lowest BCUT2D eigenvalue weighted by Crippen LogP contribution is -2.14. The third kappa shape index (κ3) is 2.42. The molecule has 0 spiro atoms. The van der Waals surface area contributed by atoms with Gasteiger partial charge in [0.05, 0.1) is 0 Å². The predicted molar refractivity (Wildman–Crippen MR) is 50.0 cm³/mol. The van der Waals surface area contributed by atoms with Crippen LogP contribution in [0, 0.1) is 11.3 Å². The third-order valence-electron chi connectivity index (χ3n) is 1.68. The van der Waals surface area contributed by atoms with Crippen molar-refractivity contribution in [1.82, 2.24) is 0 Å². The summed E-state index contributed by atoms with van der Waals surface area (Å²) in [5, 5.41) is 19.3. The smallest absolute Gasteiger partial charge is 0.222 e. The molecule has 1 aromatic rings. The highest BCUT2D eigenvalue weighted by atomic mass is 16.4. The number of carbonyl (C=O) groups excluding carboxylic acids is 1. The van der Waals surface area contributed by atoms with Crippen molar-refractivity contribution in [3.05, 3.63) is 35.9 Å². The summed E-state index contributed by atoms with van der Waals surface area (Å²) >= 11 is 0. The number of benzene rings is 1. The molecule has 0 fully saturated rings. The quantitative estimate of drug-likeness (QED) is 0.439. The summed E-state index contributed by atoms with van der Waals surface area (Å²) in [6, 6.07) is 10.5. The van der Waals surface area contributed by atoms with Crippen LogP contribution in [0.5, 0.6) is 0 Å². The van der Waals surface area contributed by atoms with E-state index in [2.05, 4.69) is 5.16 Å². The molecule has 0 saturated heterocycles. The minimum absolute atomic E-state index is 0.0772. The lowest BCUT2D eigenvalue weighted by molar-refractivity contribution is -0.112. The highest BCUT2D eigenvalue weighted by Gasteiger charge is 2.11. The Hall–Kier alpha value is -2.15. The van der Waals surface area contributed by atoms with Gasteiger partial charge in [0.2, 0.25) is 5.71 Å². The number of Topliss-reactive ketones (excluding diaryl/α,β-unsaturated/α-hetero) is 1. The van der Waals surface area contributed by atoms with Gasteiger partial charge in [0, 0.05) is 6.42 Å². The van der Waals surface area contributed by atoms with E-state index < -0.39 is 11.5 Å². The van der Waals surface area contributed by atoms with Crippen molar-refractivity contribution in [3.63, 3.8) is 0 Å². The molecule has 0 saturated carbocycles. The van der Waals surface area contributed by atoms with Gasteiger partial charge in [0.15, 0.2) is 5.78 Å². The van der Waals surface area contributed by atoms with Gasteiger partial charge in [-0.05, 0) is 5.56 Å². The van der Waals surface area contributed by atoms with Gasteiger partial charge < -0.3 is 5.21 Å². The Morgan fingerprint density at radius 3 is 2.57 bits per heavy atom. The van der Waals surface area contributed by atoms with Crippen molar-refractivity contribution < 1.29 is 10.0 Å². The molecule has 0 aromatic heterocycles. The van der Waals surface area contributed by atoms with E-state index in [0.29, 0.717) is 0 Å². The van der Waals surface area contributed by atoms with E-state index in [9.17, 15) is 4.79 Å². The third-order valence-corrected chi connectivity index (χ3v) is 1.68. The van der Waals surface area contributed by atoms with Crippen LogP contribution >= 0.6 is 0 Å². The van der Waals surface area contributed by atoms with Crippen LogP contribution in [-0.2, 0) is 11.2 Å². The molecule has 0 bridgehead atoms. The molecule has 4 nitrogen and oxygen atoms in total. The lowest BCUT2D eigenvalue weighted by Gasteiger charge is -1.96. The number of hydrogen-bond donors (Lipinski definition) is 1. The Balaban J connectivity index is 2.73. The Bertz CT molecular complexity index is 390. The molecular formula is C10H8N2O2. The van der Waals surface area contributed by atoms with Crippen LogP contribution in [-0.4, -0.2) is 16.7 Å². The molecule has 0 aliphatic heterocycles. The highest BCUT2D eigenvalue weighted by Crippen LogP contribution is 2.00. The van der Waals surface area contributed by atoms with Gasteiger partial charge in [-0.2, -0.15) is 5.26 Å². The Morgan fingerprint density at radius 2 is 2.07 bits per heavy atom. The largest absolute Gasteiger partial charge is 0.410 e. The minimum Gasteiger partial charge on any atom is -0.410 e. The summed E-state index contributed by atoms with van der Waals surface area (Å²) in [6.07, 6.45) is 0.0772. The van der Waals surface area contributed by atoms with Gasteiger partial charge in [0.25, 0.3) is 0 Å². The summed E-state index contributed by atoms with van der Waals surface area (Å²) in [5.74, 6) is -0.485. The monoisotopic (exact) mass is 188 g/mol. The van der Waals surface area contributed by atoms with E-state index in [4.69, 9.17) is 10.5 Å². The maximum atomic E-state index is 11.3. The van der Waals surface area contributed by atoms with E-state index in [1.165, 1.54) is 6.07 Å². The number of nitrogens with zero attached hydrogens (tertiary/aromatic N) is 2. The van der Waals surface area contributed by atoms with Crippen molar-refractivity contribution in [2.24, 2.45) is 5.16 Å². The van der Waals surface area contributed by atoms with Crippen LogP contribution in [0.1, 0.15) is 5.56 Å². The van der Waals surface area contributed by atoms with Gasteiger partial charge in [-0.3, -0.25) is 4.79 Å². The van der Waals surface area contributed by atoms with Crippen LogP contribution in [0.2, 0.25) is 0 Å². The molecule has 1 N–H and O–H groups in total. The Labute approximate surface area is 81.1 Å². The molecule has 0 radical (unpaired) electrons. The zero-order valence-electron chi connectivity index (χ0n) is 7.34. The fourth-order valence-corrected chi connectivity index (χ4v) is 1.01. The molecular weight excluding hydrogens is 180 g/mol. The molecule has 1 aromatic carbocycles. The standard InChI is InChI=1S/C10H8N2O2/c11-7-9(12-14)10(13)6-8-4-2-1-3-5-8/h1-5,14H,6H2/b12-9+. The highest BCUT2D eigenvalue weighted by molar-refractivity contribution is 6.46. The SMILES string of the molecule is N#C/C(=N\O)C(=O)Cc1ccccc1. The molecule has 4 heteroatoms. The molecule has 0 amide bonds. The Morgan fingerprint density at radius 1 is 1.43 bits per heavy atom. The first-order valence-electron chi connectivity index (χ1n) is 3.97. The zero-order valence-corrected chi connectivity index (χ0v) is 7.34. The average molecular weight is 188 g/mol. The van der Waals surface area contributed by atoms with Gasteiger partial charge in [0.1, 0.15) is 6.07 Å². The number of rotatable bonds is 3. The van der Waals surface area contributed by atoms with E-state index in [1.807, 2.05) is 6.07 Å². The average Bonchev–Trinajstić information content (AvgIpc) is 2.21. The number of nitriles is 1. The van der Waals surface area contributed by atoms with Gasteiger partial charge in [-0.25, -0.2) is 0 Å². The van der Waals surface area contributed by atoms with Gasteiger partial charge in [-0.15, -0.1) is 0 Å². The van der Waals surface area contributed by atoms with E-state index in [0.717, 1.165) is 5.56 Å². The van der Waals surface area contributed by atoms with E-state index in [-0.39, 0.29) is 6.42 Å². The first-order valence-corrected chi connectivity index (χ1v) is 3.97. The number of hydrogen-bond acceptors (Lipinski definition) is 4. The van der Waals surface area contributed by atoms with Crippen LogP contribution in [0.3, 0.4) is 0 Å². The van der Waals surface area contributed by atoms with Crippen molar-refractivity contribution in [2.45, 2.75) is 6.42 Å². The number of carbonyl (C=O) groups is 1. The summed E-state index contributed by atoms with van der Waals surface area (Å²) in [7, 11) is 0. The Kier molecular flexibility index (Phi) is 3.39. The second-order valence-electron chi connectivity index (χ2n) is 2.65. The maximum absolute atomic E-state index is 11.3. The van der Waals surface area contributed by atoms with Crippen molar-refractivity contribution in [1.29, 1.82) is 5.26 Å². The van der Waals surface area contributed by atoms with Gasteiger partial charge in [-0.1, -0.05) is 35.5 Å². The molecule has 0 aliphatic carbocycles. The minimum atomic E-state index is -0.485. The predicted octanol–water partition coefficient (Wildman–Crippen LogP) is 1.15. The molecule has 1 rings (SSSR count). The topological polar surface area (TPSA) is 73.4 Å². The normalized spacial score (nSPS) is 10.6. The fourth-order valence-electron chi connectivity index (χ4n) is 1.01. The fraction of sp³-hybridized carbons (Fsp3) is 0.100. The van der Waals surface area contributed by atoms with Crippen molar-refractivity contribution in [2.75, 3.05) is 0 Å². The molecule has 0 unspecified atom stereocenters. The van der Waals surface area contributed by atoms with Crippen LogP contribution in [0.4, 0.5) is 0 Å². The van der Waals surface area contributed by atoms with Crippen molar-refractivity contribution >= 4 is 11.5 Å². The summed E-state index contributed by atoms with van der Waals surface area (Å²) in [4.78, 5) is 11.3. The second kappa shape index (κ2) is 4.77. The first kappa shape index (κ1) is 9.93. The molecule has 14 heavy (non-hydrogen) atoms. The van der Waals surface area contributed by atoms with E-state index >= 15 is 0 Å². The number of ketones is 1. The van der Waals surface area contributed by atoms with Crippen LogP contribution in [0.15, 0.2) is 35.5 Å². The molecule has 0 atom stereocenters. The lowest BCUT2D eigenvalue weighted by atomic mass is 10.1. The van der Waals surface area contributed by atoms with E-state index in [1.54, 1.807) is 24.3 Å². The zero-order chi connectivity index (χ0) is 10.4. The molecule has 0 heterocycles. The number of oxime groups is 1. The summed E-state index contributed by atoms with van der Waals surface area (Å²) in [6.45, 7) is 0. The first-order chi connectivity index (χ1) is 6.77. The molecule has 0 aliphatic rings. The molecule has 70 valence electrons. The van der Waals surface area contributed by atoms with Crippen LogP contribution in [0.25, 0.3) is 0 Å². The van der Waals surface area contributed by atoms with Crippen LogP contribution < -0.4 is 0 Å². The summed E-state index contributed by atoms with van der Waals surface area (Å²) in [5.41, 5.74) is 0.322. The summed E-state index contributed by atoms with van der Waals surface area (Å²) < 4.78 is 0. The van der Waals surface area contributed by atoms with Crippen molar-refractivity contribution in [3.8, 4) is 6.07 Å².